The first kappa shape index (κ1) is 17.7. The third kappa shape index (κ3) is 6.88. The van der Waals surface area contributed by atoms with Gasteiger partial charge in [0.25, 0.3) is 5.91 Å². The van der Waals surface area contributed by atoms with E-state index in [1.807, 2.05) is 13.8 Å². The molecule has 0 aliphatic rings. The lowest BCUT2D eigenvalue weighted by molar-refractivity contribution is -0.124. The topological polar surface area (TPSA) is 84.5 Å². The second-order valence-electron chi connectivity index (χ2n) is 5.38. The molecule has 0 saturated carbocycles. The predicted octanol–water partition coefficient (Wildman–Crippen LogP) is 1.25. The van der Waals surface area contributed by atoms with Crippen molar-refractivity contribution < 1.29 is 19.1 Å². The monoisotopic (exact) mass is 306 g/mol. The Morgan fingerprint density at radius 1 is 1.09 bits per heavy atom. The van der Waals surface area contributed by atoms with Gasteiger partial charge < -0.3 is 15.4 Å². The third-order valence-electron chi connectivity index (χ3n) is 2.77. The Morgan fingerprint density at radius 2 is 1.73 bits per heavy atom. The van der Waals surface area contributed by atoms with Crippen molar-refractivity contribution in [3.63, 3.8) is 0 Å². The maximum Gasteiger partial charge on any atom is 0.338 e. The van der Waals surface area contributed by atoms with Crippen molar-refractivity contribution in [2.75, 3.05) is 13.2 Å². The van der Waals surface area contributed by atoms with Gasteiger partial charge in [0.2, 0.25) is 5.91 Å². The summed E-state index contributed by atoms with van der Waals surface area (Å²) in [5.74, 6) is -0.637. The average molecular weight is 306 g/mol. The van der Waals surface area contributed by atoms with Gasteiger partial charge in [-0.3, -0.25) is 9.59 Å². The molecule has 22 heavy (non-hydrogen) atoms. The number of benzene rings is 1. The highest BCUT2D eigenvalue weighted by Crippen LogP contribution is 2.06. The van der Waals surface area contributed by atoms with Crippen LogP contribution in [0, 0.1) is 5.92 Å². The summed E-state index contributed by atoms with van der Waals surface area (Å²) in [6.45, 7) is 6.06. The van der Waals surface area contributed by atoms with Gasteiger partial charge in [-0.15, -0.1) is 0 Å². The molecule has 0 fully saturated rings. The number of hydrogen-bond donors (Lipinski definition) is 2. The molecule has 0 aliphatic heterocycles. The molecule has 0 unspecified atom stereocenters. The zero-order valence-corrected chi connectivity index (χ0v) is 13.1. The predicted molar refractivity (Wildman–Crippen MR) is 82.1 cm³/mol. The van der Waals surface area contributed by atoms with Crippen molar-refractivity contribution in [2.24, 2.45) is 5.92 Å². The molecule has 0 aromatic heterocycles. The minimum Gasteiger partial charge on any atom is -0.452 e. The Kier molecular flexibility index (Phi) is 7.08. The molecule has 0 spiro atoms. The van der Waals surface area contributed by atoms with Crippen LogP contribution in [0.3, 0.4) is 0 Å². The van der Waals surface area contributed by atoms with E-state index >= 15 is 0 Å². The fraction of sp³-hybridized carbons (Fsp3) is 0.438. The first-order valence-corrected chi connectivity index (χ1v) is 7.15. The van der Waals surface area contributed by atoms with Crippen LogP contribution in [0.2, 0.25) is 0 Å². The standard InChI is InChI=1S/C16H22N2O4/c1-11(2)8-18-15(20)10-22-16(21)14-6-4-13(5-7-14)9-17-12(3)19/h4-7,11H,8-10H2,1-3H3,(H,17,19)(H,18,20). The van der Waals surface area contributed by atoms with Gasteiger partial charge in [-0.2, -0.15) is 0 Å². The number of amides is 2. The zero-order valence-electron chi connectivity index (χ0n) is 13.1. The molecule has 6 nitrogen and oxygen atoms in total. The number of rotatable bonds is 7. The number of esters is 1. The zero-order chi connectivity index (χ0) is 16.5. The van der Waals surface area contributed by atoms with Crippen LogP contribution in [0.5, 0.6) is 0 Å². The molecular weight excluding hydrogens is 284 g/mol. The second-order valence-corrected chi connectivity index (χ2v) is 5.38. The van der Waals surface area contributed by atoms with Crippen molar-refractivity contribution >= 4 is 17.8 Å². The molecule has 0 bridgehead atoms. The summed E-state index contributed by atoms with van der Waals surface area (Å²) in [5, 5.41) is 5.33. The Labute approximate surface area is 130 Å². The lowest BCUT2D eigenvalue weighted by atomic mass is 10.1. The van der Waals surface area contributed by atoms with Gasteiger partial charge >= 0.3 is 5.97 Å². The Balaban J connectivity index is 2.42. The summed E-state index contributed by atoms with van der Waals surface area (Å²) in [7, 11) is 0. The Hall–Kier alpha value is -2.37. The number of carbonyl (C=O) groups is 3. The molecule has 0 heterocycles. The molecule has 1 rings (SSSR count). The van der Waals surface area contributed by atoms with E-state index in [9.17, 15) is 14.4 Å². The molecule has 120 valence electrons. The van der Waals surface area contributed by atoms with Crippen LogP contribution in [0.25, 0.3) is 0 Å². The van der Waals surface area contributed by atoms with Gasteiger partial charge in [-0.25, -0.2) is 4.79 Å². The third-order valence-corrected chi connectivity index (χ3v) is 2.77. The molecule has 0 saturated heterocycles. The van der Waals surface area contributed by atoms with E-state index in [-0.39, 0.29) is 18.4 Å². The summed E-state index contributed by atoms with van der Waals surface area (Å²) in [6.07, 6.45) is 0. The van der Waals surface area contributed by atoms with Crippen LogP contribution < -0.4 is 10.6 Å². The van der Waals surface area contributed by atoms with E-state index in [1.165, 1.54) is 6.92 Å². The normalized spacial score (nSPS) is 10.2. The number of carbonyl (C=O) groups excluding carboxylic acids is 3. The molecule has 2 amide bonds. The molecule has 1 aromatic carbocycles. The van der Waals surface area contributed by atoms with E-state index < -0.39 is 5.97 Å². The smallest absolute Gasteiger partial charge is 0.338 e. The molecule has 0 aliphatic carbocycles. The fourth-order valence-corrected chi connectivity index (χ4v) is 1.57. The van der Waals surface area contributed by atoms with Crippen LogP contribution >= 0.6 is 0 Å². The van der Waals surface area contributed by atoms with Crippen LogP contribution in [0.15, 0.2) is 24.3 Å². The lowest BCUT2D eigenvalue weighted by Gasteiger charge is -2.08. The highest BCUT2D eigenvalue weighted by molar-refractivity contribution is 5.91. The SMILES string of the molecule is CC(=O)NCc1ccc(C(=O)OCC(=O)NCC(C)C)cc1. The van der Waals surface area contributed by atoms with Gasteiger partial charge in [0, 0.05) is 20.0 Å². The maximum atomic E-state index is 11.8. The van der Waals surface area contributed by atoms with E-state index in [0.29, 0.717) is 24.6 Å². The summed E-state index contributed by atoms with van der Waals surface area (Å²) in [5.41, 5.74) is 1.24. The van der Waals surface area contributed by atoms with Gasteiger partial charge in [0.05, 0.1) is 5.56 Å². The molecule has 0 radical (unpaired) electrons. The Bertz CT molecular complexity index is 523. The van der Waals surface area contributed by atoms with Gasteiger partial charge in [0.1, 0.15) is 0 Å². The van der Waals surface area contributed by atoms with E-state index in [1.54, 1.807) is 24.3 Å². The fourth-order valence-electron chi connectivity index (χ4n) is 1.57. The molecule has 0 atom stereocenters. The Morgan fingerprint density at radius 3 is 2.27 bits per heavy atom. The lowest BCUT2D eigenvalue weighted by Crippen LogP contribution is -2.31. The number of hydrogen-bond acceptors (Lipinski definition) is 4. The van der Waals surface area contributed by atoms with Crippen LogP contribution in [-0.2, 0) is 20.9 Å². The van der Waals surface area contributed by atoms with Crippen molar-refractivity contribution in [1.29, 1.82) is 0 Å². The van der Waals surface area contributed by atoms with Gasteiger partial charge in [0.15, 0.2) is 6.61 Å². The minimum absolute atomic E-state index is 0.115. The van der Waals surface area contributed by atoms with Gasteiger partial charge in [-0.05, 0) is 23.6 Å². The molecule has 1 aromatic rings. The van der Waals surface area contributed by atoms with Crippen molar-refractivity contribution in [3.05, 3.63) is 35.4 Å². The largest absolute Gasteiger partial charge is 0.452 e. The molecular formula is C16H22N2O4. The van der Waals surface area contributed by atoms with Crippen molar-refractivity contribution in [3.8, 4) is 0 Å². The quantitative estimate of drug-likeness (QED) is 0.743. The summed E-state index contributed by atoms with van der Waals surface area (Å²) in [6, 6.07) is 6.66. The summed E-state index contributed by atoms with van der Waals surface area (Å²) < 4.78 is 4.94. The van der Waals surface area contributed by atoms with E-state index in [4.69, 9.17) is 4.74 Å². The van der Waals surface area contributed by atoms with E-state index in [2.05, 4.69) is 10.6 Å². The molecule has 2 N–H and O–H groups in total. The molecule has 6 heteroatoms. The maximum absolute atomic E-state index is 11.8. The van der Waals surface area contributed by atoms with Crippen molar-refractivity contribution in [2.45, 2.75) is 27.3 Å². The highest BCUT2D eigenvalue weighted by Gasteiger charge is 2.10. The summed E-state index contributed by atoms with van der Waals surface area (Å²) in [4.78, 5) is 34.1. The van der Waals surface area contributed by atoms with Crippen molar-refractivity contribution in [1.82, 2.24) is 10.6 Å². The first-order valence-electron chi connectivity index (χ1n) is 7.15. The number of ether oxygens (including phenoxy) is 1. The van der Waals surface area contributed by atoms with Crippen LogP contribution in [0.4, 0.5) is 0 Å². The van der Waals surface area contributed by atoms with E-state index in [0.717, 1.165) is 5.56 Å². The number of nitrogens with one attached hydrogen (secondary N) is 2. The first-order chi connectivity index (χ1) is 10.4. The second kappa shape index (κ2) is 8.81. The minimum atomic E-state index is -0.550. The average Bonchev–Trinajstić information content (AvgIpc) is 2.49. The van der Waals surface area contributed by atoms with Crippen LogP contribution in [0.1, 0.15) is 36.7 Å². The highest BCUT2D eigenvalue weighted by atomic mass is 16.5. The van der Waals surface area contributed by atoms with Crippen LogP contribution in [-0.4, -0.2) is 30.9 Å². The van der Waals surface area contributed by atoms with Gasteiger partial charge in [-0.1, -0.05) is 26.0 Å². The summed E-state index contributed by atoms with van der Waals surface area (Å²) >= 11 is 0.